The van der Waals surface area contributed by atoms with Gasteiger partial charge in [-0.05, 0) is 47.9 Å². The minimum atomic E-state index is -0.584. The Hall–Kier alpha value is -3.84. The summed E-state index contributed by atoms with van der Waals surface area (Å²) in [6.07, 6.45) is 0.840. The highest BCUT2D eigenvalue weighted by molar-refractivity contribution is 6.22. The van der Waals surface area contributed by atoms with Crippen molar-refractivity contribution in [1.82, 2.24) is 4.90 Å². The summed E-state index contributed by atoms with van der Waals surface area (Å²) in [6, 6.07) is 20.0. The Kier molecular flexibility index (Phi) is 6.17. The van der Waals surface area contributed by atoms with Crippen LogP contribution >= 0.6 is 0 Å². The molecule has 7 nitrogen and oxygen atoms in total. The Labute approximate surface area is 204 Å². The first-order chi connectivity index (χ1) is 17.1. The molecule has 3 aromatic carbocycles. The van der Waals surface area contributed by atoms with E-state index in [1.165, 1.54) is 4.90 Å². The number of carbonyl (C=O) groups excluding carboxylic acids is 2. The van der Waals surface area contributed by atoms with Crippen molar-refractivity contribution >= 4 is 17.5 Å². The number of para-hydroxylation sites is 2. The van der Waals surface area contributed by atoms with Crippen LogP contribution in [0.15, 0.2) is 66.7 Å². The van der Waals surface area contributed by atoms with Crippen LogP contribution in [0.2, 0.25) is 0 Å². The third kappa shape index (κ3) is 3.91. The zero-order valence-electron chi connectivity index (χ0n) is 20.1. The first-order valence-corrected chi connectivity index (χ1v) is 11.6. The standard InChI is InChI=1S/C28H28N2O5/c1-33-23-12-8-7-11-20(23)27-21-16-25(35-3)24(34-2)15-18(21)13-14-29(27)22-17-26(31)30(28(22)32)19-9-5-4-6-10-19/h4-12,15-16,22,27H,13-14,17H2,1-3H3/t22-,27-/m0/s1. The quantitative estimate of drug-likeness (QED) is 0.506. The molecule has 0 aliphatic carbocycles. The zero-order valence-corrected chi connectivity index (χ0v) is 20.1. The van der Waals surface area contributed by atoms with E-state index in [0.717, 1.165) is 22.4 Å². The summed E-state index contributed by atoms with van der Waals surface area (Å²) in [6.45, 7) is 0.609. The molecular formula is C28H28N2O5. The first-order valence-electron chi connectivity index (χ1n) is 11.6. The van der Waals surface area contributed by atoms with E-state index < -0.39 is 6.04 Å². The average molecular weight is 473 g/mol. The second-order valence-electron chi connectivity index (χ2n) is 8.66. The van der Waals surface area contributed by atoms with Gasteiger partial charge in [-0.25, -0.2) is 4.90 Å². The minimum Gasteiger partial charge on any atom is -0.496 e. The van der Waals surface area contributed by atoms with Crippen LogP contribution in [0.5, 0.6) is 17.2 Å². The molecule has 0 N–H and O–H groups in total. The number of hydrogen-bond acceptors (Lipinski definition) is 6. The lowest BCUT2D eigenvalue weighted by molar-refractivity contribution is -0.123. The SMILES string of the molecule is COc1cc2c(cc1OC)[C@H](c1ccccc1OC)N([C@H]1CC(=O)N(c3ccccc3)C1=O)CC2. The molecule has 1 saturated heterocycles. The largest absolute Gasteiger partial charge is 0.496 e. The van der Waals surface area contributed by atoms with Crippen molar-refractivity contribution in [3.8, 4) is 17.2 Å². The van der Waals surface area contributed by atoms with Gasteiger partial charge < -0.3 is 14.2 Å². The molecular weight excluding hydrogens is 444 g/mol. The molecule has 0 saturated carbocycles. The molecule has 180 valence electrons. The number of anilines is 1. The van der Waals surface area contributed by atoms with E-state index in [9.17, 15) is 9.59 Å². The summed E-state index contributed by atoms with van der Waals surface area (Å²) in [5, 5.41) is 0. The molecule has 5 rings (SSSR count). The van der Waals surface area contributed by atoms with Crippen molar-refractivity contribution in [3.05, 3.63) is 83.4 Å². The second-order valence-corrected chi connectivity index (χ2v) is 8.66. The maximum Gasteiger partial charge on any atom is 0.251 e. The highest BCUT2D eigenvalue weighted by Gasteiger charge is 2.47. The summed E-state index contributed by atoms with van der Waals surface area (Å²) in [5.74, 6) is 1.61. The summed E-state index contributed by atoms with van der Waals surface area (Å²) in [7, 11) is 4.88. The van der Waals surface area contributed by atoms with Gasteiger partial charge in [0.15, 0.2) is 11.5 Å². The highest BCUT2D eigenvalue weighted by atomic mass is 16.5. The van der Waals surface area contributed by atoms with E-state index in [0.29, 0.717) is 30.2 Å². The lowest BCUT2D eigenvalue weighted by Crippen LogP contribution is -2.47. The number of rotatable bonds is 6. The topological polar surface area (TPSA) is 68.3 Å². The number of carbonyl (C=O) groups is 2. The predicted molar refractivity (Wildman–Crippen MR) is 132 cm³/mol. The molecule has 2 heterocycles. The van der Waals surface area contributed by atoms with Crippen LogP contribution in [0.4, 0.5) is 5.69 Å². The molecule has 2 amide bonds. The van der Waals surface area contributed by atoms with Crippen LogP contribution in [0, 0.1) is 0 Å². The molecule has 3 aromatic rings. The van der Waals surface area contributed by atoms with E-state index >= 15 is 0 Å². The van der Waals surface area contributed by atoms with E-state index in [-0.39, 0.29) is 24.3 Å². The Morgan fingerprint density at radius 1 is 0.771 bits per heavy atom. The van der Waals surface area contributed by atoms with Gasteiger partial charge >= 0.3 is 0 Å². The number of methoxy groups -OCH3 is 3. The number of imide groups is 1. The van der Waals surface area contributed by atoms with Crippen LogP contribution in [0.3, 0.4) is 0 Å². The number of benzene rings is 3. The molecule has 0 aromatic heterocycles. The third-order valence-electron chi connectivity index (χ3n) is 6.88. The molecule has 0 bridgehead atoms. The second kappa shape index (κ2) is 9.43. The summed E-state index contributed by atoms with van der Waals surface area (Å²) in [4.78, 5) is 30.2. The highest BCUT2D eigenvalue weighted by Crippen LogP contribution is 2.45. The summed E-state index contributed by atoms with van der Waals surface area (Å²) in [5.41, 5.74) is 3.66. The van der Waals surface area contributed by atoms with Crippen molar-refractivity contribution in [2.45, 2.75) is 24.9 Å². The number of amides is 2. The van der Waals surface area contributed by atoms with E-state index in [1.807, 2.05) is 54.6 Å². The molecule has 2 aliphatic rings. The summed E-state index contributed by atoms with van der Waals surface area (Å²) >= 11 is 0. The van der Waals surface area contributed by atoms with Gasteiger partial charge in [-0.3, -0.25) is 14.5 Å². The smallest absolute Gasteiger partial charge is 0.251 e. The fourth-order valence-electron chi connectivity index (χ4n) is 5.26. The van der Waals surface area contributed by atoms with Crippen LogP contribution in [-0.4, -0.2) is 50.6 Å². The van der Waals surface area contributed by atoms with Gasteiger partial charge in [-0.2, -0.15) is 0 Å². The molecule has 7 heteroatoms. The molecule has 0 unspecified atom stereocenters. The molecule has 2 atom stereocenters. The van der Waals surface area contributed by atoms with Gasteiger partial charge in [0.1, 0.15) is 5.75 Å². The third-order valence-corrected chi connectivity index (χ3v) is 6.88. The number of fused-ring (bicyclic) bond motifs is 1. The van der Waals surface area contributed by atoms with E-state index in [1.54, 1.807) is 33.5 Å². The fourth-order valence-corrected chi connectivity index (χ4v) is 5.26. The van der Waals surface area contributed by atoms with Crippen molar-refractivity contribution < 1.29 is 23.8 Å². The van der Waals surface area contributed by atoms with Gasteiger partial charge in [0.25, 0.3) is 5.91 Å². The van der Waals surface area contributed by atoms with Gasteiger partial charge in [-0.15, -0.1) is 0 Å². The Bertz CT molecular complexity index is 1260. The first kappa shape index (κ1) is 22.9. The number of nitrogens with zero attached hydrogens (tertiary/aromatic N) is 2. The normalized spacial score (nSPS) is 20.0. The van der Waals surface area contributed by atoms with E-state index in [4.69, 9.17) is 14.2 Å². The fraction of sp³-hybridized carbons (Fsp3) is 0.286. The number of ether oxygens (including phenoxy) is 3. The maximum absolute atomic E-state index is 13.7. The maximum atomic E-state index is 13.7. The molecule has 1 fully saturated rings. The van der Waals surface area contributed by atoms with Gasteiger partial charge in [0, 0.05) is 12.1 Å². The molecule has 35 heavy (non-hydrogen) atoms. The number of hydrogen-bond donors (Lipinski definition) is 0. The van der Waals surface area contributed by atoms with Crippen molar-refractivity contribution in [3.63, 3.8) is 0 Å². The molecule has 2 aliphatic heterocycles. The zero-order chi connectivity index (χ0) is 24.5. The molecule has 0 radical (unpaired) electrons. The van der Waals surface area contributed by atoms with Crippen LogP contribution < -0.4 is 19.1 Å². The Balaban J connectivity index is 1.62. The average Bonchev–Trinajstić information content (AvgIpc) is 3.20. The lowest BCUT2D eigenvalue weighted by atomic mass is 9.86. The monoisotopic (exact) mass is 472 g/mol. The summed E-state index contributed by atoms with van der Waals surface area (Å²) < 4.78 is 16.9. The minimum absolute atomic E-state index is 0.127. The van der Waals surface area contributed by atoms with Crippen LogP contribution in [0.1, 0.15) is 29.2 Å². The van der Waals surface area contributed by atoms with Gasteiger partial charge in [-0.1, -0.05) is 36.4 Å². The van der Waals surface area contributed by atoms with Gasteiger partial charge in [0.05, 0.1) is 45.5 Å². The Morgan fingerprint density at radius 3 is 2.14 bits per heavy atom. The predicted octanol–water partition coefficient (Wildman–Crippen LogP) is 3.99. The van der Waals surface area contributed by atoms with Crippen molar-refractivity contribution in [1.29, 1.82) is 0 Å². The molecule has 0 spiro atoms. The van der Waals surface area contributed by atoms with E-state index in [2.05, 4.69) is 4.90 Å². The van der Waals surface area contributed by atoms with Crippen LogP contribution in [-0.2, 0) is 16.0 Å². The van der Waals surface area contributed by atoms with Crippen molar-refractivity contribution in [2.24, 2.45) is 0 Å². The van der Waals surface area contributed by atoms with Crippen LogP contribution in [0.25, 0.3) is 0 Å². The Morgan fingerprint density at radius 2 is 1.43 bits per heavy atom. The van der Waals surface area contributed by atoms with Gasteiger partial charge in [0.2, 0.25) is 5.91 Å². The lowest BCUT2D eigenvalue weighted by Gasteiger charge is -2.41. The van der Waals surface area contributed by atoms with Crippen molar-refractivity contribution in [2.75, 3.05) is 32.8 Å².